The lowest BCUT2D eigenvalue weighted by molar-refractivity contribution is 0.115. The molecule has 3 rings (SSSR count). The molecule has 0 spiro atoms. The van der Waals surface area contributed by atoms with Crippen LogP contribution in [-0.2, 0) is 6.54 Å². The Balaban J connectivity index is 1.67. The van der Waals surface area contributed by atoms with Gasteiger partial charge in [0.05, 0.1) is 5.69 Å². The molecule has 2 saturated heterocycles. The van der Waals surface area contributed by atoms with Crippen LogP contribution in [0.2, 0.25) is 0 Å². The number of aromatic nitrogens is 2. The Morgan fingerprint density at radius 2 is 2.14 bits per heavy atom. The first-order valence-electron chi connectivity index (χ1n) is 8.32. The van der Waals surface area contributed by atoms with Crippen molar-refractivity contribution >= 4 is 5.82 Å². The lowest BCUT2D eigenvalue weighted by Crippen LogP contribution is -2.59. The molecule has 1 aromatic rings. The molecule has 1 aromatic heterocycles. The number of rotatable bonds is 4. The molecule has 116 valence electrons. The van der Waals surface area contributed by atoms with E-state index in [1.54, 1.807) is 0 Å². The topological polar surface area (TPSA) is 44.3 Å². The van der Waals surface area contributed by atoms with Crippen LogP contribution in [0.3, 0.4) is 0 Å². The van der Waals surface area contributed by atoms with Gasteiger partial charge in [-0.1, -0.05) is 13.3 Å². The number of nitrogens with one attached hydrogen (secondary N) is 1. The Hall–Kier alpha value is -1.20. The van der Waals surface area contributed by atoms with Crippen molar-refractivity contribution in [1.29, 1.82) is 0 Å². The minimum atomic E-state index is 0.522. The quantitative estimate of drug-likeness (QED) is 0.913. The van der Waals surface area contributed by atoms with Crippen molar-refractivity contribution in [2.24, 2.45) is 0 Å². The van der Waals surface area contributed by atoms with Crippen LogP contribution in [0.4, 0.5) is 5.82 Å². The predicted octanol–water partition coefficient (Wildman–Crippen LogP) is 1.65. The molecule has 3 heterocycles. The molecule has 2 unspecified atom stereocenters. The highest BCUT2D eigenvalue weighted by molar-refractivity contribution is 5.40. The fourth-order valence-corrected chi connectivity index (χ4v) is 3.52. The molecule has 0 aromatic carbocycles. The maximum Gasteiger partial charge on any atom is 0.151 e. The molecule has 21 heavy (non-hydrogen) atoms. The first kappa shape index (κ1) is 14.7. The van der Waals surface area contributed by atoms with Gasteiger partial charge in [0.25, 0.3) is 0 Å². The number of nitrogens with zero attached hydrogens (tertiary/aromatic N) is 4. The summed E-state index contributed by atoms with van der Waals surface area (Å²) in [5.41, 5.74) is 1.02. The van der Waals surface area contributed by atoms with Crippen molar-refractivity contribution in [1.82, 2.24) is 20.4 Å². The van der Waals surface area contributed by atoms with Crippen molar-refractivity contribution in [3.05, 3.63) is 17.8 Å². The van der Waals surface area contributed by atoms with E-state index in [-0.39, 0.29) is 0 Å². The normalized spacial score (nSPS) is 26.7. The van der Waals surface area contributed by atoms with Gasteiger partial charge in [-0.2, -0.15) is 5.10 Å². The fraction of sp³-hybridized carbons (Fsp3) is 0.750. The van der Waals surface area contributed by atoms with Gasteiger partial charge in [0.2, 0.25) is 0 Å². The third kappa shape index (κ3) is 3.35. The van der Waals surface area contributed by atoms with Crippen LogP contribution in [0.1, 0.15) is 38.8 Å². The molecule has 0 aliphatic carbocycles. The predicted molar refractivity (Wildman–Crippen MR) is 85.4 cm³/mol. The molecule has 0 saturated carbocycles. The van der Waals surface area contributed by atoms with Crippen LogP contribution in [0.25, 0.3) is 0 Å². The van der Waals surface area contributed by atoms with Crippen LogP contribution in [0, 0.1) is 0 Å². The lowest BCUT2D eigenvalue weighted by atomic mass is 9.97. The summed E-state index contributed by atoms with van der Waals surface area (Å²) >= 11 is 0. The SMILES string of the molecule is CCNCc1ccc(N2CC3CCCCN3CC2C)nn1. The van der Waals surface area contributed by atoms with E-state index >= 15 is 0 Å². The van der Waals surface area contributed by atoms with E-state index in [1.807, 2.05) is 0 Å². The summed E-state index contributed by atoms with van der Waals surface area (Å²) in [6.07, 6.45) is 4.06. The Labute approximate surface area is 127 Å². The monoisotopic (exact) mass is 289 g/mol. The Kier molecular flexibility index (Phi) is 4.70. The van der Waals surface area contributed by atoms with E-state index in [1.165, 1.54) is 25.8 Å². The maximum atomic E-state index is 4.46. The number of fused-ring (bicyclic) bond motifs is 1. The van der Waals surface area contributed by atoms with Crippen LogP contribution < -0.4 is 10.2 Å². The van der Waals surface area contributed by atoms with Gasteiger partial charge in [-0.25, -0.2) is 0 Å². The molecular weight excluding hydrogens is 262 g/mol. The molecule has 0 amide bonds. The summed E-state index contributed by atoms with van der Waals surface area (Å²) in [6.45, 7) is 9.70. The number of hydrogen-bond donors (Lipinski definition) is 1. The summed E-state index contributed by atoms with van der Waals surface area (Å²) < 4.78 is 0. The van der Waals surface area contributed by atoms with E-state index in [0.717, 1.165) is 37.7 Å². The molecule has 0 radical (unpaired) electrons. The van der Waals surface area contributed by atoms with E-state index in [9.17, 15) is 0 Å². The third-order valence-corrected chi connectivity index (χ3v) is 4.74. The van der Waals surface area contributed by atoms with Crippen LogP contribution >= 0.6 is 0 Å². The van der Waals surface area contributed by atoms with Crippen LogP contribution in [0.15, 0.2) is 12.1 Å². The number of anilines is 1. The zero-order valence-electron chi connectivity index (χ0n) is 13.3. The molecule has 2 atom stereocenters. The maximum absolute atomic E-state index is 4.46. The molecule has 2 aliphatic heterocycles. The molecule has 5 heteroatoms. The highest BCUT2D eigenvalue weighted by Gasteiger charge is 2.33. The van der Waals surface area contributed by atoms with Gasteiger partial charge in [0.1, 0.15) is 0 Å². The average Bonchev–Trinajstić information content (AvgIpc) is 2.53. The van der Waals surface area contributed by atoms with Crippen LogP contribution in [0.5, 0.6) is 0 Å². The summed E-state index contributed by atoms with van der Waals surface area (Å²) in [7, 11) is 0. The van der Waals surface area contributed by atoms with E-state index < -0.39 is 0 Å². The highest BCUT2D eigenvalue weighted by Crippen LogP contribution is 2.26. The smallest absolute Gasteiger partial charge is 0.151 e. The molecule has 0 bridgehead atoms. The summed E-state index contributed by atoms with van der Waals surface area (Å²) in [5.74, 6) is 1.04. The summed E-state index contributed by atoms with van der Waals surface area (Å²) in [5, 5.41) is 12.1. The average molecular weight is 289 g/mol. The lowest BCUT2D eigenvalue weighted by Gasteiger charge is -2.47. The molecule has 1 N–H and O–H groups in total. The van der Waals surface area contributed by atoms with Gasteiger partial charge in [0, 0.05) is 31.7 Å². The number of hydrogen-bond acceptors (Lipinski definition) is 5. The van der Waals surface area contributed by atoms with Crippen molar-refractivity contribution in [3.8, 4) is 0 Å². The fourth-order valence-electron chi connectivity index (χ4n) is 3.52. The van der Waals surface area contributed by atoms with Gasteiger partial charge in [-0.05, 0) is 45.0 Å². The second-order valence-corrected chi connectivity index (χ2v) is 6.31. The van der Waals surface area contributed by atoms with Gasteiger partial charge >= 0.3 is 0 Å². The van der Waals surface area contributed by atoms with Gasteiger partial charge in [-0.15, -0.1) is 5.10 Å². The molecule has 2 aliphatic rings. The highest BCUT2D eigenvalue weighted by atomic mass is 15.3. The third-order valence-electron chi connectivity index (χ3n) is 4.74. The van der Waals surface area contributed by atoms with Crippen molar-refractivity contribution in [2.45, 2.75) is 51.7 Å². The molecule has 2 fully saturated rings. The second-order valence-electron chi connectivity index (χ2n) is 6.31. The Morgan fingerprint density at radius 1 is 1.24 bits per heavy atom. The molecular formula is C16H27N5. The zero-order valence-corrected chi connectivity index (χ0v) is 13.3. The Bertz CT molecular complexity index is 446. The van der Waals surface area contributed by atoms with Gasteiger partial charge in [-0.3, -0.25) is 4.90 Å². The van der Waals surface area contributed by atoms with Crippen LogP contribution in [-0.4, -0.2) is 53.4 Å². The second kappa shape index (κ2) is 6.71. The summed E-state index contributed by atoms with van der Waals surface area (Å²) in [6, 6.07) is 5.46. The van der Waals surface area contributed by atoms with Gasteiger partial charge < -0.3 is 10.2 Å². The van der Waals surface area contributed by atoms with Gasteiger partial charge in [0.15, 0.2) is 5.82 Å². The minimum absolute atomic E-state index is 0.522. The first-order valence-corrected chi connectivity index (χ1v) is 8.32. The van der Waals surface area contributed by atoms with E-state index in [0.29, 0.717) is 12.1 Å². The largest absolute Gasteiger partial charge is 0.350 e. The van der Waals surface area contributed by atoms with E-state index in [4.69, 9.17) is 0 Å². The van der Waals surface area contributed by atoms with Crippen molar-refractivity contribution in [2.75, 3.05) is 31.1 Å². The Morgan fingerprint density at radius 3 is 2.90 bits per heavy atom. The van der Waals surface area contributed by atoms with E-state index in [2.05, 4.69) is 51.3 Å². The zero-order chi connectivity index (χ0) is 14.7. The molecule has 5 nitrogen and oxygen atoms in total. The standard InChI is InChI=1S/C16H27N5/c1-3-17-10-14-7-8-16(19-18-14)21-12-15-6-4-5-9-20(15)11-13(21)2/h7-8,13,15,17H,3-6,9-12H2,1-2H3. The first-order chi connectivity index (χ1) is 10.3. The number of piperazine rings is 1. The number of piperidine rings is 1. The van der Waals surface area contributed by atoms with Crippen molar-refractivity contribution in [3.63, 3.8) is 0 Å². The van der Waals surface area contributed by atoms with Crippen molar-refractivity contribution < 1.29 is 0 Å². The summed E-state index contributed by atoms with van der Waals surface area (Å²) in [4.78, 5) is 5.11. The minimum Gasteiger partial charge on any atom is -0.350 e.